The number of alkyl halides is 3. The lowest BCUT2D eigenvalue weighted by atomic mass is 9.86. The van der Waals surface area contributed by atoms with E-state index in [1.807, 2.05) is 20.8 Å². The molecule has 0 saturated carbocycles. The van der Waals surface area contributed by atoms with E-state index >= 15 is 0 Å². The second kappa shape index (κ2) is 8.56. The SMILES string of the molecule is CC(C)(C)c1ccc(C(=O)NC2CCNC(=O)C2)c(Oc2ccc(C(F)(F)F)nc2)c1. The number of aromatic nitrogens is 1. The summed E-state index contributed by atoms with van der Waals surface area (Å²) in [5.41, 5.74) is -0.167. The predicted octanol–water partition coefficient (Wildman–Crippen LogP) is 4.20. The van der Waals surface area contributed by atoms with Crippen molar-refractivity contribution in [3.8, 4) is 11.5 Å². The Labute approximate surface area is 178 Å². The summed E-state index contributed by atoms with van der Waals surface area (Å²) < 4.78 is 44.1. The minimum atomic E-state index is -4.55. The highest BCUT2D eigenvalue weighted by molar-refractivity contribution is 5.97. The quantitative estimate of drug-likeness (QED) is 0.755. The maximum atomic E-state index is 12.9. The number of piperidine rings is 1. The number of amides is 2. The van der Waals surface area contributed by atoms with Crippen molar-refractivity contribution in [2.45, 2.75) is 51.2 Å². The van der Waals surface area contributed by atoms with Gasteiger partial charge in [-0.1, -0.05) is 26.8 Å². The standard InChI is InChI=1S/C22H24F3N3O3/c1-21(2,3)13-4-6-16(20(30)28-14-8-9-26-19(29)11-14)17(10-13)31-15-5-7-18(27-12-15)22(23,24)25/h4-7,10,12,14H,8-9,11H2,1-3H3,(H,26,29)(H,28,30). The summed E-state index contributed by atoms with van der Waals surface area (Å²) in [5.74, 6) is -0.279. The number of benzene rings is 1. The topological polar surface area (TPSA) is 80.3 Å². The third kappa shape index (κ3) is 5.74. The van der Waals surface area contributed by atoms with Crippen LogP contribution in [0.25, 0.3) is 0 Å². The zero-order chi connectivity index (χ0) is 22.8. The first-order valence-electron chi connectivity index (χ1n) is 9.86. The van der Waals surface area contributed by atoms with Gasteiger partial charge in [-0.05, 0) is 41.7 Å². The Bertz CT molecular complexity index is 967. The molecule has 0 radical (unpaired) electrons. The Morgan fingerprint density at radius 2 is 1.94 bits per heavy atom. The third-order valence-corrected chi connectivity index (χ3v) is 4.93. The molecule has 3 rings (SSSR count). The van der Waals surface area contributed by atoms with Gasteiger partial charge in [-0.25, -0.2) is 4.98 Å². The summed E-state index contributed by atoms with van der Waals surface area (Å²) in [6.45, 7) is 6.46. The Morgan fingerprint density at radius 1 is 1.19 bits per heavy atom. The normalized spacial score (nSPS) is 17.1. The molecule has 31 heavy (non-hydrogen) atoms. The number of hydrogen-bond donors (Lipinski definition) is 2. The molecule has 2 aromatic rings. The molecule has 166 valence electrons. The van der Waals surface area contributed by atoms with E-state index in [1.54, 1.807) is 18.2 Å². The average Bonchev–Trinajstić information content (AvgIpc) is 2.67. The number of rotatable bonds is 4. The highest BCUT2D eigenvalue weighted by Crippen LogP contribution is 2.33. The molecule has 1 fully saturated rings. The van der Waals surface area contributed by atoms with Crippen LogP contribution >= 0.6 is 0 Å². The number of nitrogens with one attached hydrogen (secondary N) is 2. The highest BCUT2D eigenvalue weighted by atomic mass is 19.4. The monoisotopic (exact) mass is 435 g/mol. The molecule has 2 heterocycles. The highest BCUT2D eigenvalue weighted by Gasteiger charge is 2.32. The van der Waals surface area contributed by atoms with Crippen LogP contribution in [0.1, 0.15) is 55.2 Å². The number of hydrogen-bond acceptors (Lipinski definition) is 4. The van der Waals surface area contributed by atoms with E-state index in [2.05, 4.69) is 15.6 Å². The first-order valence-corrected chi connectivity index (χ1v) is 9.86. The average molecular weight is 435 g/mol. The van der Waals surface area contributed by atoms with E-state index in [0.717, 1.165) is 23.9 Å². The molecule has 0 spiro atoms. The molecule has 1 aromatic heterocycles. The van der Waals surface area contributed by atoms with Crippen LogP contribution in [0.2, 0.25) is 0 Å². The second-order valence-corrected chi connectivity index (χ2v) is 8.45. The van der Waals surface area contributed by atoms with Gasteiger partial charge in [0.15, 0.2) is 0 Å². The van der Waals surface area contributed by atoms with Crippen LogP contribution in [0, 0.1) is 0 Å². The van der Waals surface area contributed by atoms with Crippen LogP contribution in [0.3, 0.4) is 0 Å². The van der Waals surface area contributed by atoms with Crippen molar-refractivity contribution in [3.05, 3.63) is 53.3 Å². The second-order valence-electron chi connectivity index (χ2n) is 8.45. The largest absolute Gasteiger partial charge is 0.455 e. The minimum Gasteiger partial charge on any atom is -0.455 e. The van der Waals surface area contributed by atoms with Crippen LogP contribution in [-0.2, 0) is 16.4 Å². The van der Waals surface area contributed by atoms with Crippen LogP contribution in [0.4, 0.5) is 13.2 Å². The van der Waals surface area contributed by atoms with Crippen molar-refractivity contribution in [1.29, 1.82) is 0 Å². The van der Waals surface area contributed by atoms with Crippen molar-refractivity contribution in [3.63, 3.8) is 0 Å². The molecule has 6 nitrogen and oxygen atoms in total. The summed E-state index contributed by atoms with van der Waals surface area (Å²) in [5, 5.41) is 5.54. The van der Waals surface area contributed by atoms with Crippen molar-refractivity contribution >= 4 is 11.8 Å². The summed E-state index contributed by atoms with van der Waals surface area (Å²) in [6, 6.07) is 6.80. The van der Waals surface area contributed by atoms with E-state index in [0.29, 0.717) is 13.0 Å². The lowest BCUT2D eigenvalue weighted by Gasteiger charge is -2.24. The van der Waals surface area contributed by atoms with Gasteiger partial charge < -0.3 is 15.4 Å². The smallest absolute Gasteiger partial charge is 0.433 e. The minimum absolute atomic E-state index is 0.0742. The molecule has 1 aromatic carbocycles. The first-order chi connectivity index (χ1) is 14.4. The molecule has 1 aliphatic heterocycles. The number of ether oxygens (including phenoxy) is 1. The van der Waals surface area contributed by atoms with E-state index in [9.17, 15) is 22.8 Å². The van der Waals surface area contributed by atoms with Gasteiger partial charge >= 0.3 is 6.18 Å². The summed E-state index contributed by atoms with van der Waals surface area (Å²) in [4.78, 5) is 27.9. The Morgan fingerprint density at radius 3 is 2.52 bits per heavy atom. The van der Waals surface area contributed by atoms with E-state index in [-0.39, 0.29) is 40.8 Å². The van der Waals surface area contributed by atoms with Crippen molar-refractivity contribution in [2.24, 2.45) is 0 Å². The zero-order valence-electron chi connectivity index (χ0n) is 17.5. The lowest BCUT2D eigenvalue weighted by Crippen LogP contribution is -2.45. The third-order valence-electron chi connectivity index (χ3n) is 4.93. The Balaban J connectivity index is 1.88. The molecule has 1 saturated heterocycles. The maximum Gasteiger partial charge on any atom is 0.433 e. The van der Waals surface area contributed by atoms with Gasteiger partial charge in [0.05, 0.1) is 11.8 Å². The van der Waals surface area contributed by atoms with Crippen molar-refractivity contribution < 1.29 is 27.5 Å². The summed E-state index contributed by atoms with van der Waals surface area (Å²) in [6.07, 6.45) is -2.79. The molecule has 0 bridgehead atoms. The molecule has 2 N–H and O–H groups in total. The number of carbonyl (C=O) groups is 2. The number of carbonyl (C=O) groups excluding carboxylic acids is 2. The van der Waals surface area contributed by atoms with Crippen molar-refractivity contribution in [2.75, 3.05) is 6.54 Å². The van der Waals surface area contributed by atoms with Gasteiger partial charge in [0, 0.05) is 19.0 Å². The summed E-state index contributed by atoms with van der Waals surface area (Å²) in [7, 11) is 0. The van der Waals surface area contributed by atoms with Gasteiger partial charge in [0.2, 0.25) is 5.91 Å². The molecule has 1 atom stereocenters. The van der Waals surface area contributed by atoms with Crippen LogP contribution < -0.4 is 15.4 Å². The van der Waals surface area contributed by atoms with Gasteiger partial charge in [-0.15, -0.1) is 0 Å². The molecule has 1 aliphatic rings. The maximum absolute atomic E-state index is 12.9. The molecule has 9 heteroatoms. The van der Waals surface area contributed by atoms with Crippen LogP contribution in [0.15, 0.2) is 36.5 Å². The van der Waals surface area contributed by atoms with Crippen molar-refractivity contribution in [1.82, 2.24) is 15.6 Å². The van der Waals surface area contributed by atoms with E-state index in [4.69, 9.17) is 4.74 Å². The van der Waals surface area contributed by atoms with Crippen LogP contribution in [0.5, 0.6) is 11.5 Å². The Hall–Kier alpha value is -3.10. The lowest BCUT2D eigenvalue weighted by molar-refractivity contribution is -0.141. The molecule has 1 unspecified atom stereocenters. The summed E-state index contributed by atoms with van der Waals surface area (Å²) >= 11 is 0. The number of pyridine rings is 1. The number of nitrogens with zero attached hydrogens (tertiary/aromatic N) is 1. The molecule has 2 amide bonds. The predicted molar refractivity (Wildman–Crippen MR) is 108 cm³/mol. The molecular weight excluding hydrogens is 411 g/mol. The van der Waals surface area contributed by atoms with Gasteiger partial charge in [-0.3, -0.25) is 9.59 Å². The van der Waals surface area contributed by atoms with E-state index < -0.39 is 17.8 Å². The van der Waals surface area contributed by atoms with Gasteiger partial charge in [-0.2, -0.15) is 13.2 Å². The molecular formula is C22H24F3N3O3. The fraction of sp³-hybridized carbons (Fsp3) is 0.409. The Kier molecular flexibility index (Phi) is 6.24. The van der Waals surface area contributed by atoms with Gasteiger partial charge in [0.25, 0.3) is 5.91 Å². The number of halogens is 3. The fourth-order valence-electron chi connectivity index (χ4n) is 3.17. The van der Waals surface area contributed by atoms with Crippen LogP contribution in [-0.4, -0.2) is 29.4 Å². The fourth-order valence-corrected chi connectivity index (χ4v) is 3.17. The van der Waals surface area contributed by atoms with Gasteiger partial charge in [0.1, 0.15) is 17.2 Å². The molecule has 0 aliphatic carbocycles. The first kappa shape index (κ1) is 22.6. The van der Waals surface area contributed by atoms with E-state index in [1.165, 1.54) is 0 Å². The zero-order valence-corrected chi connectivity index (χ0v) is 17.5.